The smallest absolute Gasteiger partial charge is 0.335 e. The molecule has 0 aliphatic carbocycles. The van der Waals surface area contributed by atoms with Gasteiger partial charge in [0.25, 0.3) is 0 Å². The lowest BCUT2D eigenvalue weighted by Crippen LogP contribution is -2.35. The first-order valence-corrected chi connectivity index (χ1v) is 7.18. The number of sulfonamides is 1. The molecule has 19 heavy (non-hydrogen) atoms. The summed E-state index contributed by atoms with van der Waals surface area (Å²) in [5.74, 6) is -1.22. The Bertz CT molecular complexity index is 572. The molecular formula is C11H14ClNO5S. The molecule has 0 aromatic heterocycles. The molecule has 0 fully saturated rings. The van der Waals surface area contributed by atoms with Crippen molar-refractivity contribution in [3.63, 3.8) is 0 Å². The van der Waals surface area contributed by atoms with Gasteiger partial charge in [-0.25, -0.2) is 17.9 Å². The Labute approximate surface area is 116 Å². The van der Waals surface area contributed by atoms with E-state index in [9.17, 15) is 13.2 Å². The van der Waals surface area contributed by atoms with Crippen LogP contribution in [-0.4, -0.2) is 39.3 Å². The van der Waals surface area contributed by atoms with Gasteiger partial charge >= 0.3 is 5.97 Å². The largest absolute Gasteiger partial charge is 0.478 e. The van der Waals surface area contributed by atoms with Crippen molar-refractivity contribution in [3.8, 4) is 0 Å². The van der Waals surface area contributed by atoms with Crippen LogP contribution in [0.3, 0.4) is 0 Å². The molecule has 1 aromatic carbocycles. The molecule has 1 atom stereocenters. The highest BCUT2D eigenvalue weighted by Gasteiger charge is 2.22. The highest BCUT2D eigenvalue weighted by molar-refractivity contribution is 7.89. The van der Waals surface area contributed by atoms with Gasteiger partial charge in [-0.3, -0.25) is 0 Å². The third-order valence-electron chi connectivity index (χ3n) is 2.24. The SMILES string of the molecule is COCC(C)NS(=O)(=O)c1cc(C(=O)O)ccc1Cl. The van der Waals surface area contributed by atoms with Crippen LogP contribution in [0.15, 0.2) is 23.1 Å². The molecule has 0 aliphatic heterocycles. The molecule has 0 saturated carbocycles. The number of aromatic carboxylic acids is 1. The summed E-state index contributed by atoms with van der Waals surface area (Å²) in [5, 5.41) is 8.81. The summed E-state index contributed by atoms with van der Waals surface area (Å²) in [6, 6.07) is 3.04. The molecular weight excluding hydrogens is 294 g/mol. The minimum atomic E-state index is -3.89. The zero-order chi connectivity index (χ0) is 14.6. The second kappa shape index (κ2) is 6.33. The molecule has 0 spiro atoms. The minimum absolute atomic E-state index is 0.0397. The van der Waals surface area contributed by atoms with E-state index in [1.54, 1.807) is 6.92 Å². The standard InChI is InChI=1S/C11H14ClNO5S/c1-7(6-18-2)13-19(16,17)10-5-8(11(14)15)3-4-9(10)12/h3-5,7,13H,6H2,1-2H3,(H,14,15). The van der Waals surface area contributed by atoms with Crippen molar-refractivity contribution >= 4 is 27.6 Å². The number of hydrogen-bond acceptors (Lipinski definition) is 4. The number of methoxy groups -OCH3 is 1. The first-order chi connectivity index (χ1) is 8.77. The fourth-order valence-corrected chi connectivity index (χ4v) is 3.21. The van der Waals surface area contributed by atoms with Crippen molar-refractivity contribution in [1.82, 2.24) is 4.72 Å². The van der Waals surface area contributed by atoms with Gasteiger partial charge in [-0.2, -0.15) is 0 Å². The monoisotopic (exact) mass is 307 g/mol. The van der Waals surface area contributed by atoms with Crippen LogP contribution in [0.1, 0.15) is 17.3 Å². The summed E-state index contributed by atoms with van der Waals surface area (Å²) in [5.41, 5.74) is -0.149. The zero-order valence-corrected chi connectivity index (χ0v) is 12.0. The molecule has 0 saturated heterocycles. The van der Waals surface area contributed by atoms with E-state index in [1.807, 2.05) is 0 Å². The second-order valence-electron chi connectivity index (χ2n) is 3.93. The summed E-state index contributed by atoms with van der Waals surface area (Å²) < 4.78 is 31.3. The van der Waals surface area contributed by atoms with Crippen LogP contribution in [0.4, 0.5) is 0 Å². The molecule has 106 valence electrons. The maximum Gasteiger partial charge on any atom is 0.335 e. The van der Waals surface area contributed by atoms with Crippen LogP contribution in [-0.2, 0) is 14.8 Å². The van der Waals surface area contributed by atoms with Gasteiger partial charge in [-0.15, -0.1) is 0 Å². The normalized spacial score (nSPS) is 13.2. The summed E-state index contributed by atoms with van der Waals surface area (Å²) in [7, 11) is -2.45. The lowest BCUT2D eigenvalue weighted by Gasteiger charge is -2.14. The quantitative estimate of drug-likeness (QED) is 0.827. The molecule has 0 aliphatic rings. The Morgan fingerprint density at radius 1 is 1.53 bits per heavy atom. The number of carbonyl (C=O) groups is 1. The van der Waals surface area contributed by atoms with Gasteiger partial charge in [0, 0.05) is 13.2 Å². The Kier molecular flexibility index (Phi) is 5.30. The van der Waals surface area contributed by atoms with Crippen LogP contribution in [0.5, 0.6) is 0 Å². The number of carboxylic acid groups (broad SMARTS) is 1. The lowest BCUT2D eigenvalue weighted by molar-refractivity contribution is 0.0696. The van der Waals surface area contributed by atoms with Gasteiger partial charge in [0.1, 0.15) is 4.90 Å². The minimum Gasteiger partial charge on any atom is -0.478 e. The van der Waals surface area contributed by atoms with E-state index in [4.69, 9.17) is 21.4 Å². The van der Waals surface area contributed by atoms with Crippen LogP contribution in [0, 0.1) is 0 Å². The van der Waals surface area contributed by atoms with Crippen molar-refractivity contribution < 1.29 is 23.1 Å². The summed E-state index contributed by atoms with van der Waals surface area (Å²) >= 11 is 5.80. The number of hydrogen-bond donors (Lipinski definition) is 2. The van der Waals surface area contributed by atoms with Crippen LogP contribution < -0.4 is 4.72 Å². The van der Waals surface area contributed by atoms with Crippen LogP contribution in [0.2, 0.25) is 5.02 Å². The number of benzene rings is 1. The molecule has 1 aromatic rings. The average molecular weight is 308 g/mol. The number of rotatable bonds is 6. The predicted octanol–water partition coefficient (Wildman–Crippen LogP) is 1.35. The number of nitrogens with one attached hydrogen (secondary N) is 1. The Hall–Kier alpha value is -1.15. The van der Waals surface area contributed by atoms with E-state index >= 15 is 0 Å². The van der Waals surface area contributed by atoms with Crippen LogP contribution >= 0.6 is 11.6 Å². The van der Waals surface area contributed by atoms with Gasteiger partial charge in [0.2, 0.25) is 10.0 Å². The number of carboxylic acids is 1. The predicted molar refractivity (Wildman–Crippen MR) is 70.1 cm³/mol. The number of ether oxygens (including phenoxy) is 1. The molecule has 0 bridgehead atoms. The van der Waals surface area contributed by atoms with E-state index in [0.717, 1.165) is 6.07 Å². The average Bonchev–Trinajstić information content (AvgIpc) is 2.28. The fraction of sp³-hybridized carbons (Fsp3) is 0.364. The summed E-state index contributed by atoms with van der Waals surface area (Å²) in [4.78, 5) is 10.6. The molecule has 0 amide bonds. The third-order valence-corrected chi connectivity index (χ3v) is 4.31. The Morgan fingerprint density at radius 2 is 2.16 bits per heavy atom. The highest BCUT2D eigenvalue weighted by atomic mass is 35.5. The van der Waals surface area contributed by atoms with Gasteiger partial charge < -0.3 is 9.84 Å². The van der Waals surface area contributed by atoms with Crippen LogP contribution in [0.25, 0.3) is 0 Å². The van der Waals surface area contributed by atoms with Crippen molar-refractivity contribution in [3.05, 3.63) is 28.8 Å². The lowest BCUT2D eigenvalue weighted by atomic mass is 10.2. The summed E-state index contributed by atoms with van der Waals surface area (Å²) in [6.45, 7) is 1.81. The van der Waals surface area contributed by atoms with Crippen molar-refractivity contribution in [2.75, 3.05) is 13.7 Å². The van der Waals surface area contributed by atoms with Gasteiger partial charge in [0.05, 0.1) is 17.2 Å². The van der Waals surface area contributed by atoms with E-state index in [2.05, 4.69) is 4.72 Å². The van der Waals surface area contributed by atoms with E-state index in [-0.39, 0.29) is 22.1 Å². The first-order valence-electron chi connectivity index (χ1n) is 5.32. The highest BCUT2D eigenvalue weighted by Crippen LogP contribution is 2.22. The second-order valence-corrected chi connectivity index (χ2v) is 6.02. The zero-order valence-electron chi connectivity index (χ0n) is 10.4. The first kappa shape index (κ1) is 15.9. The van der Waals surface area contributed by atoms with Crippen molar-refractivity contribution in [2.24, 2.45) is 0 Å². The molecule has 2 N–H and O–H groups in total. The van der Waals surface area contributed by atoms with Crippen molar-refractivity contribution in [2.45, 2.75) is 17.9 Å². The maximum absolute atomic E-state index is 12.1. The fourth-order valence-electron chi connectivity index (χ4n) is 1.45. The van der Waals surface area contributed by atoms with Crippen molar-refractivity contribution in [1.29, 1.82) is 0 Å². The molecule has 8 heteroatoms. The third kappa shape index (κ3) is 4.17. The molecule has 1 rings (SSSR count). The van der Waals surface area contributed by atoms with Gasteiger partial charge in [-0.1, -0.05) is 11.6 Å². The molecule has 0 radical (unpaired) electrons. The van der Waals surface area contributed by atoms with E-state index in [0.29, 0.717) is 0 Å². The topological polar surface area (TPSA) is 92.7 Å². The van der Waals surface area contributed by atoms with Gasteiger partial charge in [-0.05, 0) is 25.1 Å². The number of halogens is 1. The Morgan fingerprint density at radius 3 is 2.68 bits per heavy atom. The summed E-state index contributed by atoms with van der Waals surface area (Å²) in [6.07, 6.45) is 0. The van der Waals surface area contributed by atoms with E-state index < -0.39 is 22.0 Å². The van der Waals surface area contributed by atoms with E-state index in [1.165, 1.54) is 19.2 Å². The van der Waals surface area contributed by atoms with Gasteiger partial charge in [0.15, 0.2) is 0 Å². The maximum atomic E-state index is 12.1. The Balaban J connectivity index is 3.13. The molecule has 1 unspecified atom stereocenters. The molecule has 6 nitrogen and oxygen atoms in total. The molecule has 0 heterocycles.